The second kappa shape index (κ2) is 7.14. The molecule has 3 aromatic rings. The molecule has 0 saturated heterocycles. The molecule has 3 rings (SSSR count). The number of nitrogens with one attached hydrogen (secondary N) is 1. The number of hydrogen-bond donors (Lipinski definition) is 1. The van der Waals surface area contributed by atoms with Gasteiger partial charge in [0, 0.05) is 11.9 Å². The highest BCUT2D eigenvalue weighted by molar-refractivity contribution is 6.32. The van der Waals surface area contributed by atoms with Crippen LogP contribution in [0.1, 0.15) is 5.56 Å². The Bertz CT molecular complexity index is 1090. The van der Waals surface area contributed by atoms with Crippen molar-refractivity contribution in [2.45, 2.75) is 6.92 Å². The van der Waals surface area contributed by atoms with E-state index in [0.29, 0.717) is 27.5 Å². The summed E-state index contributed by atoms with van der Waals surface area (Å²) in [6.07, 6.45) is 1.36. The molecule has 0 bridgehead atoms. The fourth-order valence-corrected chi connectivity index (χ4v) is 2.61. The van der Waals surface area contributed by atoms with Gasteiger partial charge in [-0.25, -0.2) is 0 Å². The van der Waals surface area contributed by atoms with Crippen LogP contribution in [0.3, 0.4) is 0 Å². The molecular formula is C18H13ClN6O. The molecule has 128 valence electrons. The predicted octanol–water partition coefficient (Wildman–Crippen LogP) is 3.73. The van der Waals surface area contributed by atoms with Gasteiger partial charge in [0.1, 0.15) is 34.5 Å². The van der Waals surface area contributed by atoms with Gasteiger partial charge in [0.2, 0.25) is 0 Å². The summed E-state index contributed by atoms with van der Waals surface area (Å²) in [5.74, 6) is 0.576. The molecule has 26 heavy (non-hydrogen) atoms. The number of nitriles is 2. The number of nitrogens with zero attached hydrogens (tertiary/aromatic N) is 5. The van der Waals surface area contributed by atoms with Crippen LogP contribution in [0.25, 0.3) is 16.7 Å². The summed E-state index contributed by atoms with van der Waals surface area (Å²) in [5, 5.41) is 30.0. The summed E-state index contributed by atoms with van der Waals surface area (Å²) >= 11 is 6.16. The first kappa shape index (κ1) is 17.3. The van der Waals surface area contributed by atoms with Crippen LogP contribution in [0.2, 0.25) is 5.02 Å². The first-order chi connectivity index (χ1) is 12.5. The number of rotatable bonds is 4. The zero-order chi connectivity index (χ0) is 18.7. The van der Waals surface area contributed by atoms with Gasteiger partial charge in [0.25, 0.3) is 0 Å². The molecule has 0 amide bonds. The molecule has 1 N–H and O–H groups in total. The Hall–Kier alpha value is -3.55. The van der Waals surface area contributed by atoms with Crippen molar-refractivity contribution in [2.75, 3.05) is 12.4 Å². The predicted molar refractivity (Wildman–Crippen MR) is 98.1 cm³/mol. The zero-order valence-corrected chi connectivity index (χ0v) is 14.7. The highest BCUT2D eigenvalue weighted by Gasteiger charge is 2.10. The van der Waals surface area contributed by atoms with Gasteiger partial charge in [-0.05, 0) is 42.8 Å². The third kappa shape index (κ3) is 3.30. The standard InChI is InChI=1S/C18H13ClN6O/c1-11-5-16-17(7-15(11)22-10-12(8-20)9-21)24-25(23-16)13-3-4-18(26-2)14(19)6-13/h3-7,10,22H,1-2H3. The minimum Gasteiger partial charge on any atom is -0.495 e. The van der Waals surface area contributed by atoms with E-state index in [2.05, 4.69) is 15.5 Å². The van der Waals surface area contributed by atoms with Crippen molar-refractivity contribution in [3.63, 3.8) is 0 Å². The monoisotopic (exact) mass is 364 g/mol. The van der Waals surface area contributed by atoms with Crippen molar-refractivity contribution in [1.29, 1.82) is 10.5 Å². The molecule has 0 aliphatic heterocycles. The number of aromatic nitrogens is 3. The topological polar surface area (TPSA) is 99.5 Å². The first-order valence-corrected chi connectivity index (χ1v) is 7.92. The van der Waals surface area contributed by atoms with Crippen LogP contribution in [0, 0.1) is 29.6 Å². The van der Waals surface area contributed by atoms with Crippen molar-refractivity contribution in [3.8, 4) is 23.6 Å². The van der Waals surface area contributed by atoms with Gasteiger partial charge >= 0.3 is 0 Å². The van der Waals surface area contributed by atoms with Crippen LogP contribution in [0.4, 0.5) is 5.69 Å². The van der Waals surface area contributed by atoms with E-state index in [1.165, 1.54) is 11.0 Å². The molecule has 8 heteroatoms. The molecule has 0 fully saturated rings. The van der Waals surface area contributed by atoms with Gasteiger partial charge in [0.05, 0.1) is 17.8 Å². The van der Waals surface area contributed by atoms with Gasteiger partial charge in [-0.2, -0.15) is 15.3 Å². The molecule has 0 radical (unpaired) electrons. The van der Waals surface area contributed by atoms with Crippen molar-refractivity contribution in [3.05, 3.63) is 52.7 Å². The zero-order valence-electron chi connectivity index (χ0n) is 14.0. The number of aryl methyl sites for hydroxylation is 1. The third-order valence-electron chi connectivity index (χ3n) is 3.71. The lowest BCUT2D eigenvalue weighted by molar-refractivity contribution is 0.415. The maximum absolute atomic E-state index is 8.81. The van der Waals surface area contributed by atoms with Crippen molar-refractivity contribution >= 4 is 28.3 Å². The summed E-state index contributed by atoms with van der Waals surface area (Å²) < 4.78 is 5.15. The Labute approximate surface area is 154 Å². The van der Waals surface area contributed by atoms with Crippen molar-refractivity contribution in [2.24, 2.45) is 0 Å². The highest BCUT2D eigenvalue weighted by Crippen LogP contribution is 2.27. The number of halogens is 1. The van der Waals surface area contributed by atoms with Gasteiger partial charge < -0.3 is 10.1 Å². The van der Waals surface area contributed by atoms with E-state index in [-0.39, 0.29) is 5.57 Å². The molecule has 2 aromatic carbocycles. The first-order valence-electron chi connectivity index (χ1n) is 7.54. The lowest BCUT2D eigenvalue weighted by atomic mass is 10.1. The number of fused-ring (bicyclic) bond motifs is 1. The molecule has 0 aliphatic carbocycles. The SMILES string of the molecule is COc1ccc(-n2nc3cc(C)c(NC=C(C#N)C#N)cc3n2)cc1Cl. The Morgan fingerprint density at radius 1 is 1.19 bits per heavy atom. The second-order valence-corrected chi connectivity index (χ2v) is 5.80. The Kier molecular flexibility index (Phi) is 4.74. The van der Waals surface area contributed by atoms with E-state index in [1.807, 2.05) is 25.1 Å². The largest absolute Gasteiger partial charge is 0.495 e. The molecule has 1 aromatic heterocycles. The van der Waals surface area contributed by atoms with E-state index in [0.717, 1.165) is 11.3 Å². The number of hydrogen-bond acceptors (Lipinski definition) is 6. The molecule has 0 unspecified atom stereocenters. The van der Waals surface area contributed by atoms with E-state index in [1.54, 1.807) is 31.4 Å². The molecule has 7 nitrogen and oxygen atoms in total. The Morgan fingerprint density at radius 2 is 1.88 bits per heavy atom. The fraction of sp³-hybridized carbons (Fsp3) is 0.111. The van der Waals surface area contributed by atoms with Crippen LogP contribution in [-0.2, 0) is 0 Å². The smallest absolute Gasteiger partial charge is 0.145 e. The normalized spacial score (nSPS) is 10.0. The highest BCUT2D eigenvalue weighted by atomic mass is 35.5. The van der Waals surface area contributed by atoms with Crippen molar-refractivity contribution < 1.29 is 4.74 Å². The fourth-order valence-electron chi connectivity index (χ4n) is 2.36. The van der Waals surface area contributed by atoms with Gasteiger partial charge in [-0.3, -0.25) is 0 Å². The number of benzene rings is 2. The Morgan fingerprint density at radius 3 is 2.50 bits per heavy atom. The number of anilines is 1. The molecule has 0 spiro atoms. The Balaban J connectivity index is 1.99. The quantitative estimate of drug-likeness (QED) is 0.708. The number of methoxy groups -OCH3 is 1. The molecule has 0 aliphatic rings. The number of ether oxygens (including phenoxy) is 1. The third-order valence-corrected chi connectivity index (χ3v) is 4.00. The average Bonchev–Trinajstić information content (AvgIpc) is 3.05. The van der Waals surface area contributed by atoms with Crippen LogP contribution < -0.4 is 10.1 Å². The minimum absolute atomic E-state index is 0.0129. The van der Waals surface area contributed by atoms with Gasteiger partial charge in [-0.15, -0.1) is 10.2 Å². The maximum atomic E-state index is 8.81. The van der Waals surface area contributed by atoms with Crippen LogP contribution in [-0.4, -0.2) is 22.1 Å². The summed E-state index contributed by atoms with van der Waals surface area (Å²) in [6.45, 7) is 1.90. The van der Waals surface area contributed by atoms with E-state index < -0.39 is 0 Å². The molecule has 0 saturated carbocycles. The van der Waals surface area contributed by atoms with Crippen LogP contribution in [0.15, 0.2) is 42.1 Å². The summed E-state index contributed by atoms with van der Waals surface area (Å²) in [4.78, 5) is 1.49. The van der Waals surface area contributed by atoms with E-state index in [4.69, 9.17) is 26.9 Å². The van der Waals surface area contributed by atoms with Crippen LogP contribution >= 0.6 is 11.6 Å². The number of allylic oxidation sites excluding steroid dienone is 1. The maximum Gasteiger partial charge on any atom is 0.145 e. The summed E-state index contributed by atoms with van der Waals surface area (Å²) in [6, 6.07) is 12.6. The average molecular weight is 365 g/mol. The van der Waals surface area contributed by atoms with Crippen molar-refractivity contribution in [1.82, 2.24) is 15.0 Å². The summed E-state index contributed by atoms with van der Waals surface area (Å²) in [7, 11) is 1.55. The molecule has 1 heterocycles. The molecule has 0 atom stereocenters. The second-order valence-electron chi connectivity index (χ2n) is 5.39. The lowest BCUT2D eigenvalue weighted by Crippen LogP contribution is -1.98. The summed E-state index contributed by atoms with van der Waals surface area (Å²) in [5.41, 5.74) is 3.71. The van der Waals surface area contributed by atoms with Gasteiger partial charge in [0.15, 0.2) is 0 Å². The van der Waals surface area contributed by atoms with E-state index >= 15 is 0 Å². The van der Waals surface area contributed by atoms with Crippen LogP contribution in [0.5, 0.6) is 5.75 Å². The minimum atomic E-state index is -0.0129. The molecular weight excluding hydrogens is 352 g/mol. The van der Waals surface area contributed by atoms with E-state index in [9.17, 15) is 0 Å². The lowest BCUT2D eigenvalue weighted by Gasteiger charge is -2.04. The van der Waals surface area contributed by atoms with Gasteiger partial charge in [-0.1, -0.05) is 11.6 Å².